The first-order chi connectivity index (χ1) is 8.58. The van der Waals surface area contributed by atoms with Crippen molar-refractivity contribution in [3.05, 3.63) is 39.7 Å². The molecule has 1 aromatic carbocycles. The molecule has 5 heteroatoms. The van der Waals surface area contributed by atoms with Gasteiger partial charge >= 0.3 is 5.97 Å². The lowest BCUT2D eigenvalue weighted by Crippen LogP contribution is -2.02. The van der Waals surface area contributed by atoms with Crippen LogP contribution in [0.2, 0.25) is 0 Å². The standard InChI is InChI=1S/C13H9BrFNO2/c14-12-8(15)3-4-9-11(12)7(13(17)18)5-10(16-9)6-1-2-6/h3-6H,1-2H2,(H,17,18). The second-order valence-corrected chi connectivity index (χ2v) is 5.22. The van der Waals surface area contributed by atoms with Crippen LogP contribution in [0.25, 0.3) is 10.9 Å². The van der Waals surface area contributed by atoms with Crippen molar-refractivity contribution in [2.45, 2.75) is 18.8 Å². The van der Waals surface area contributed by atoms with Crippen molar-refractivity contribution in [2.24, 2.45) is 0 Å². The van der Waals surface area contributed by atoms with Gasteiger partial charge in [0.2, 0.25) is 0 Å². The summed E-state index contributed by atoms with van der Waals surface area (Å²) in [5.41, 5.74) is 1.41. The van der Waals surface area contributed by atoms with Crippen LogP contribution in [0.15, 0.2) is 22.7 Å². The van der Waals surface area contributed by atoms with Gasteiger partial charge in [0, 0.05) is 17.0 Å². The maximum atomic E-state index is 13.5. The lowest BCUT2D eigenvalue weighted by molar-refractivity contribution is 0.0699. The molecule has 1 N–H and O–H groups in total. The Balaban J connectivity index is 2.37. The molecule has 3 nitrogen and oxygen atoms in total. The summed E-state index contributed by atoms with van der Waals surface area (Å²) in [7, 11) is 0. The summed E-state index contributed by atoms with van der Waals surface area (Å²) < 4.78 is 13.7. The zero-order chi connectivity index (χ0) is 12.9. The highest BCUT2D eigenvalue weighted by atomic mass is 79.9. The fourth-order valence-corrected chi connectivity index (χ4v) is 2.59. The molecule has 0 aliphatic heterocycles. The summed E-state index contributed by atoms with van der Waals surface area (Å²) >= 11 is 3.10. The van der Waals surface area contributed by atoms with Crippen molar-refractivity contribution >= 4 is 32.8 Å². The summed E-state index contributed by atoms with van der Waals surface area (Å²) in [5.74, 6) is -1.18. The number of carboxylic acid groups (broad SMARTS) is 1. The number of hydrogen-bond donors (Lipinski definition) is 1. The van der Waals surface area contributed by atoms with Crippen LogP contribution >= 0.6 is 15.9 Å². The van der Waals surface area contributed by atoms with Gasteiger partial charge in [-0.2, -0.15) is 0 Å². The van der Waals surface area contributed by atoms with Crippen LogP contribution in [-0.2, 0) is 0 Å². The third kappa shape index (κ3) is 1.79. The number of benzene rings is 1. The van der Waals surface area contributed by atoms with Gasteiger partial charge in [0.05, 0.1) is 15.6 Å². The van der Waals surface area contributed by atoms with E-state index >= 15 is 0 Å². The molecule has 0 radical (unpaired) electrons. The van der Waals surface area contributed by atoms with E-state index in [1.807, 2.05) is 0 Å². The highest BCUT2D eigenvalue weighted by Crippen LogP contribution is 2.41. The molecule has 0 unspecified atom stereocenters. The Morgan fingerprint density at radius 3 is 2.78 bits per heavy atom. The third-order valence-corrected chi connectivity index (χ3v) is 3.89. The van der Waals surface area contributed by atoms with E-state index in [-0.39, 0.29) is 10.0 Å². The first-order valence-electron chi connectivity index (χ1n) is 5.60. The monoisotopic (exact) mass is 309 g/mol. The molecule has 18 heavy (non-hydrogen) atoms. The van der Waals surface area contributed by atoms with Crippen LogP contribution in [0.1, 0.15) is 34.8 Å². The predicted molar refractivity (Wildman–Crippen MR) is 68.3 cm³/mol. The minimum absolute atomic E-state index is 0.105. The van der Waals surface area contributed by atoms with Crippen molar-refractivity contribution in [2.75, 3.05) is 0 Å². The molecule has 1 aromatic heterocycles. The molecule has 3 rings (SSSR count). The summed E-state index contributed by atoms with van der Waals surface area (Å²) in [6.07, 6.45) is 2.08. The predicted octanol–water partition coefficient (Wildman–Crippen LogP) is 3.71. The number of carbonyl (C=O) groups is 1. The van der Waals surface area contributed by atoms with E-state index in [1.54, 1.807) is 6.07 Å². The van der Waals surface area contributed by atoms with Crippen molar-refractivity contribution in [1.82, 2.24) is 4.98 Å². The number of rotatable bonds is 2. The van der Waals surface area contributed by atoms with Gasteiger partial charge in [-0.3, -0.25) is 4.98 Å². The zero-order valence-electron chi connectivity index (χ0n) is 9.28. The van der Waals surface area contributed by atoms with Gasteiger partial charge in [0.1, 0.15) is 5.82 Å². The van der Waals surface area contributed by atoms with E-state index in [1.165, 1.54) is 12.1 Å². The Labute approximate surface area is 111 Å². The van der Waals surface area contributed by atoms with Crippen LogP contribution in [0.4, 0.5) is 4.39 Å². The van der Waals surface area contributed by atoms with Gasteiger partial charge in [0.15, 0.2) is 0 Å². The summed E-state index contributed by atoms with van der Waals surface area (Å²) in [4.78, 5) is 15.7. The number of carboxylic acids is 1. The van der Waals surface area contributed by atoms with Gasteiger partial charge in [0.25, 0.3) is 0 Å². The molecule has 0 atom stereocenters. The average Bonchev–Trinajstić information content (AvgIpc) is 3.16. The number of pyridine rings is 1. The van der Waals surface area contributed by atoms with E-state index < -0.39 is 11.8 Å². The van der Waals surface area contributed by atoms with Gasteiger partial charge in [-0.1, -0.05) is 0 Å². The van der Waals surface area contributed by atoms with Gasteiger partial charge in [-0.25, -0.2) is 9.18 Å². The SMILES string of the molecule is O=C(O)c1cc(C2CC2)nc2ccc(F)c(Br)c12. The molecule has 0 saturated heterocycles. The first-order valence-corrected chi connectivity index (χ1v) is 6.39. The zero-order valence-corrected chi connectivity index (χ0v) is 10.9. The number of hydrogen-bond acceptors (Lipinski definition) is 2. The maximum absolute atomic E-state index is 13.5. The minimum atomic E-state index is -1.06. The topological polar surface area (TPSA) is 50.2 Å². The molecule has 0 amide bonds. The molecule has 1 fully saturated rings. The number of halogens is 2. The fourth-order valence-electron chi connectivity index (χ4n) is 2.04. The van der Waals surface area contributed by atoms with Gasteiger partial charge in [-0.15, -0.1) is 0 Å². The molecule has 1 aliphatic carbocycles. The molecule has 0 spiro atoms. The Bertz CT molecular complexity index is 668. The van der Waals surface area contributed by atoms with Crippen molar-refractivity contribution < 1.29 is 14.3 Å². The minimum Gasteiger partial charge on any atom is -0.478 e. The largest absolute Gasteiger partial charge is 0.478 e. The molecule has 2 aromatic rings. The average molecular weight is 310 g/mol. The maximum Gasteiger partial charge on any atom is 0.336 e. The van der Waals surface area contributed by atoms with E-state index in [2.05, 4.69) is 20.9 Å². The van der Waals surface area contributed by atoms with Crippen molar-refractivity contribution in [1.29, 1.82) is 0 Å². The summed E-state index contributed by atoms with van der Waals surface area (Å²) in [5, 5.41) is 9.58. The van der Waals surface area contributed by atoms with Crippen LogP contribution in [0.5, 0.6) is 0 Å². The molecule has 1 heterocycles. The smallest absolute Gasteiger partial charge is 0.336 e. The first kappa shape index (κ1) is 11.6. The second-order valence-electron chi connectivity index (χ2n) is 4.43. The van der Waals surface area contributed by atoms with Crippen molar-refractivity contribution in [3.8, 4) is 0 Å². The van der Waals surface area contributed by atoms with E-state index in [4.69, 9.17) is 0 Å². The fraction of sp³-hybridized carbons (Fsp3) is 0.231. The lowest BCUT2D eigenvalue weighted by Gasteiger charge is -2.08. The van der Waals surface area contributed by atoms with E-state index in [0.29, 0.717) is 16.8 Å². The molecule has 0 bridgehead atoms. The van der Waals surface area contributed by atoms with E-state index in [9.17, 15) is 14.3 Å². The Hall–Kier alpha value is -1.49. The molecular formula is C13H9BrFNO2. The number of aromatic nitrogens is 1. The van der Waals surface area contributed by atoms with Crippen molar-refractivity contribution in [3.63, 3.8) is 0 Å². The molecule has 1 aliphatic rings. The van der Waals surface area contributed by atoms with Crippen LogP contribution in [0.3, 0.4) is 0 Å². The highest BCUT2D eigenvalue weighted by molar-refractivity contribution is 9.10. The molecule has 1 saturated carbocycles. The lowest BCUT2D eigenvalue weighted by atomic mass is 10.1. The second kappa shape index (κ2) is 4.02. The van der Waals surface area contributed by atoms with Crippen LogP contribution in [-0.4, -0.2) is 16.1 Å². The summed E-state index contributed by atoms with van der Waals surface area (Å²) in [6.45, 7) is 0. The Morgan fingerprint density at radius 2 is 2.17 bits per heavy atom. The molecular weight excluding hydrogens is 301 g/mol. The quantitative estimate of drug-likeness (QED) is 0.920. The number of nitrogens with zero attached hydrogens (tertiary/aromatic N) is 1. The summed E-state index contributed by atoms with van der Waals surface area (Å²) in [6, 6.07) is 4.38. The third-order valence-electron chi connectivity index (χ3n) is 3.11. The van der Waals surface area contributed by atoms with E-state index in [0.717, 1.165) is 18.5 Å². The highest BCUT2D eigenvalue weighted by Gasteiger charge is 2.27. The Kier molecular flexibility index (Phi) is 2.59. The number of fused-ring (bicyclic) bond motifs is 1. The van der Waals surface area contributed by atoms with Crippen LogP contribution < -0.4 is 0 Å². The Morgan fingerprint density at radius 1 is 1.44 bits per heavy atom. The van der Waals surface area contributed by atoms with Gasteiger partial charge < -0.3 is 5.11 Å². The number of aromatic carboxylic acids is 1. The normalized spacial score (nSPS) is 15.0. The van der Waals surface area contributed by atoms with Gasteiger partial charge in [-0.05, 0) is 47.0 Å². The molecule has 92 valence electrons. The van der Waals surface area contributed by atoms with Crippen LogP contribution in [0, 0.1) is 5.82 Å².